The van der Waals surface area contributed by atoms with Gasteiger partial charge in [0, 0.05) is 43.2 Å². The molecular formula is C18H30N4O3S2. The Labute approximate surface area is 166 Å². The van der Waals surface area contributed by atoms with Gasteiger partial charge in [-0.05, 0) is 43.7 Å². The van der Waals surface area contributed by atoms with E-state index < -0.39 is 9.84 Å². The number of nitrogens with zero attached hydrogens (tertiary/aromatic N) is 2. The van der Waals surface area contributed by atoms with Crippen LogP contribution in [-0.2, 0) is 27.6 Å². The average molecular weight is 415 g/mol. The lowest BCUT2D eigenvalue weighted by Crippen LogP contribution is -2.43. The highest BCUT2D eigenvalue weighted by Gasteiger charge is 2.21. The van der Waals surface area contributed by atoms with Gasteiger partial charge >= 0.3 is 0 Å². The lowest BCUT2D eigenvalue weighted by molar-refractivity contribution is -0.131. The molecule has 1 aromatic heterocycles. The van der Waals surface area contributed by atoms with Gasteiger partial charge in [-0.1, -0.05) is 0 Å². The first kappa shape index (κ1) is 21.7. The first-order valence-corrected chi connectivity index (χ1v) is 12.3. The Bertz CT molecular complexity index is 758. The van der Waals surface area contributed by atoms with E-state index in [1.807, 2.05) is 18.7 Å². The number of sulfone groups is 1. The van der Waals surface area contributed by atoms with Crippen LogP contribution in [0.3, 0.4) is 0 Å². The number of carbonyl (C=O) groups excluding carboxylic acids is 1. The van der Waals surface area contributed by atoms with Crippen molar-refractivity contribution in [1.82, 2.24) is 15.5 Å². The molecule has 9 heteroatoms. The fraction of sp³-hybridized carbons (Fsp3) is 0.667. The van der Waals surface area contributed by atoms with Crippen LogP contribution in [0.4, 0.5) is 0 Å². The molecule has 1 aliphatic heterocycles. The number of aliphatic imine (C=N–C) groups is 1. The van der Waals surface area contributed by atoms with E-state index in [-0.39, 0.29) is 17.7 Å². The number of hydrogen-bond acceptors (Lipinski definition) is 5. The molecule has 1 aliphatic rings. The highest BCUT2D eigenvalue weighted by molar-refractivity contribution is 7.90. The summed E-state index contributed by atoms with van der Waals surface area (Å²) in [6, 6.07) is 2.08. The van der Waals surface area contributed by atoms with Crippen LogP contribution in [0.15, 0.2) is 16.4 Å². The van der Waals surface area contributed by atoms with E-state index in [0.29, 0.717) is 38.4 Å². The quantitative estimate of drug-likeness (QED) is 0.496. The molecule has 2 N–H and O–H groups in total. The molecular weight excluding hydrogens is 384 g/mol. The summed E-state index contributed by atoms with van der Waals surface area (Å²) >= 11 is 1.76. The van der Waals surface area contributed by atoms with Gasteiger partial charge in [-0.15, -0.1) is 11.3 Å². The Morgan fingerprint density at radius 3 is 2.93 bits per heavy atom. The molecule has 152 valence electrons. The smallest absolute Gasteiger partial charge is 0.224 e. The van der Waals surface area contributed by atoms with E-state index in [1.54, 1.807) is 11.3 Å². The summed E-state index contributed by atoms with van der Waals surface area (Å²) in [6.07, 6.45) is 3.06. The minimum absolute atomic E-state index is 0.0210. The minimum Gasteiger partial charge on any atom is -0.357 e. The molecule has 0 saturated carbocycles. The van der Waals surface area contributed by atoms with E-state index in [0.717, 1.165) is 13.0 Å². The van der Waals surface area contributed by atoms with Gasteiger partial charge in [0.25, 0.3) is 0 Å². The summed E-state index contributed by atoms with van der Waals surface area (Å²) in [6.45, 7) is 6.47. The largest absolute Gasteiger partial charge is 0.357 e. The van der Waals surface area contributed by atoms with Crippen LogP contribution in [0.2, 0.25) is 0 Å². The molecule has 0 aliphatic carbocycles. The molecule has 2 rings (SSSR count). The van der Waals surface area contributed by atoms with E-state index in [1.165, 1.54) is 16.7 Å². The number of rotatable bonds is 8. The minimum atomic E-state index is -2.97. The second kappa shape index (κ2) is 10.1. The summed E-state index contributed by atoms with van der Waals surface area (Å²) in [5, 5.41) is 8.43. The number of thiophene rings is 1. The Morgan fingerprint density at radius 2 is 2.22 bits per heavy atom. The third kappa shape index (κ3) is 7.50. The van der Waals surface area contributed by atoms with E-state index >= 15 is 0 Å². The molecule has 0 saturated heterocycles. The normalized spacial score (nSPS) is 16.0. The molecule has 0 aromatic carbocycles. The van der Waals surface area contributed by atoms with Crippen LogP contribution in [0.1, 0.15) is 37.1 Å². The van der Waals surface area contributed by atoms with Gasteiger partial charge < -0.3 is 15.5 Å². The fourth-order valence-electron chi connectivity index (χ4n) is 2.90. The highest BCUT2D eigenvalue weighted by atomic mass is 32.2. The van der Waals surface area contributed by atoms with E-state index in [9.17, 15) is 13.2 Å². The molecule has 27 heavy (non-hydrogen) atoms. The van der Waals surface area contributed by atoms with Crippen LogP contribution in [0, 0.1) is 0 Å². The number of carbonyl (C=O) groups is 1. The molecule has 2 heterocycles. The molecule has 0 radical (unpaired) electrons. The molecule has 1 aromatic rings. The van der Waals surface area contributed by atoms with Crippen molar-refractivity contribution < 1.29 is 13.2 Å². The number of hydrogen-bond donors (Lipinski definition) is 2. The van der Waals surface area contributed by atoms with Crippen molar-refractivity contribution in [2.24, 2.45) is 4.99 Å². The predicted molar refractivity (Wildman–Crippen MR) is 111 cm³/mol. The fourth-order valence-corrected chi connectivity index (χ4v) is 4.57. The summed E-state index contributed by atoms with van der Waals surface area (Å²) in [7, 11) is -2.97. The maximum absolute atomic E-state index is 12.5. The molecule has 0 bridgehead atoms. The average Bonchev–Trinajstić information content (AvgIpc) is 3.07. The van der Waals surface area contributed by atoms with Gasteiger partial charge in [0.2, 0.25) is 5.91 Å². The number of amides is 1. The SMILES string of the molecule is CCNC(=NCCC(=O)N1CCc2sccc2C1)NC(C)CCS(C)(=O)=O. The molecule has 1 amide bonds. The zero-order valence-electron chi connectivity index (χ0n) is 16.3. The van der Waals surface area contributed by atoms with Gasteiger partial charge in [0.1, 0.15) is 9.84 Å². The summed E-state index contributed by atoms with van der Waals surface area (Å²) < 4.78 is 22.6. The van der Waals surface area contributed by atoms with Crippen molar-refractivity contribution in [3.63, 3.8) is 0 Å². The van der Waals surface area contributed by atoms with E-state index in [2.05, 4.69) is 27.1 Å². The second-order valence-corrected chi connectivity index (χ2v) is 10.2. The number of fused-ring (bicyclic) bond motifs is 1. The monoisotopic (exact) mass is 414 g/mol. The topological polar surface area (TPSA) is 90.9 Å². The van der Waals surface area contributed by atoms with Crippen molar-refractivity contribution in [3.8, 4) is 0 Å². The molecule has 1 atom stereocenters. The van der Waals surface area contributed by atoms with Crippen molar-refractivity contribution >= 4 is 33.0 Å². The van der Waals surface area contributed by atoms with Crippen molar-refractivity contribution in [1.29, 1.82) is 0 Å². The molecule has 0 fully saturated rings. The summed E-state index contributed by atoms with van der Waals surface area (Å²) in [4.78, 5) is 20.2. The third-order valence-corrected chi connectivity index (χ3v) is 6.41. The van der Waals surface area contributed by atoms with Crippen LogP contribution < -0.4 is 10.6 Å². The third-order valence-electron chi connectivity index (χ3n) is 4.40. The lowest BCUT2D eigenvalue weighted by Gasteiger charge is -2.27. The first-order valence-electron chi connectivity index (χ1n) is 9.34. The Balaban J connectivity index is 1.81. The maximum Gasteiger partial charge on any atom is 0.224 e. The lowest BCUT2D eigenvalue weighted by atomic mass is 10.1. The standard InChI is InChI=1S/C18H30N4O3S2/c1-4-19-18(21-14(2)8-12-27(3,24)25)20-9-5-17(23)22-10-6-16-15(13-22)7-11-26-16/h7,11,14H,4-6,8-10,12-13H2,1-3H3,(H2,19,20,21). The maximum atomic E-state index is 12.5. The highest BCUT2D eigenvalue weighted by Crippen LogP contribution is 2.24. The Kier molecular flexibility index (Phi) is 8.09. The zero-order valence-corrected chi connectivity index (χ0v) is 18.0. The van der Waals surface area contributed by atoms with Crippen molar-refractivity contribution in [2.45, 2.75) is 45.7 Å². The second-order valence-electron chi connectivity index (χ2n) is 6.91. The van der Waals surface area contributed by atoms with Crippen LogP contribution in [0.25, 0.3) is 0 Å². The van der Waals surface area contributed by atoms with Crippen molar-refractivity contribution in [3.05, 3.63) is 21.9 Å². The van der Waals surface area contributed by atoms with Crippen molar-refractivity contribution in [2.75, 3.05) is 31.6 Å². The molecule has 7 nitrogen and oxygen atoms in total. The van der Waals surface area contributed by atoms with Gasteiger partial charge in [-0.25, -0.2) is 8.42 Å². The predicted octanol–water partition coefficient (Wildman–Crippen LogP) is 1.40. The van der Waals surface area contributed by atoms with Crippen LogP contribution in [-0.4, -0.2) is 62.9 Å². The summed E-state index contributed by atoms with van der Waals surface area (Å²) in [5.41, 5.74) is 1.26. The van der Waals surface area contributed by atoms with Gasteiger partial charge in [-0.2, -0.15) is 0 Å². The number of guanidine groups is 1. The van der Waals surface area contributed by atoms with Gasteiger partial charge in [0.05, 0.1) is 12.3 Å². The Hall–Kier alpha value is -1.61. The summed E-state index contributed by atoms with van der Waals surface area (Å²) in [5.74, 6) is 0.875. The molecule has 0 spiro atoms. The number of nitrogens with one attached hydrogen (secondary N) is 2. The van der Waals surface area contributed by atoms with Crippen LogP contribution >= 0.6 is 11.3 Å². The first-order chi connectivity index (χ1) is 12.8. The zero-order chi connectivity index (χ0) is 19.9. The van der Waals surface area contributed by atoms with Gasteiger partial charge in [-0.3, -0.25) is 9.79 Å². The Morgan fingerprint density at radius 1 is 1.44 bits per heavy atom. The van der Waals surface area contributed by atoms with Crippen LogP contribution in [0.5, 0.6) is 0 Å². The van der Waals surface area contributed by atoms with E-state index in [4.69, 9.17) is 0 Å². The molecule has 1 unspecified atom stereocenters. The van der Waals surface area contributed by atoms with Gasteiger partial charge in [0.15, 0.2) is 5.96 Å².